The third kappa shape index (κ3) is 4.43. The van der Waals surface area contributed by atoms with Gasteiger partial charge >= 0.3 is 5.97 Å². The van der Waals surface area contributed by atoms with Crippen molar-refractivity contribution in [3.8, 4) is 0 Å². The van der Waals surface area contributed by atoms with Crippen LogP contribution in [0.25, 0.3) is 0 Å². The molecule has 0 heterocycles. The van der Waals surface area contributed by atoms with Gasteiger partial charge < -0.3 is 10.1 Å². The van der Waals surface area contributed by atoms with Crippen LogP contribution in [0.5, 0.6) is 0 Å². The van der Waals surface area contributed by atoms with Crippen LogP contribution in [0.1, 0.15) is 36.6 Å². The van der Waals surface area contributed by atoms with E-state index in [0.717, 1.165) is 5.56 Å². The largest absolute Gasteiger partial charge is 0.469 e. The first kappa shape index (κ1) is 15.3. The van der Waals surface area contributed by atoms with Crippen LogP contribution < -0.4 is 5.32 Å². The summed E-state index contributed by atoms with van der Waals surface area (Å²) in [4.78, 5) is 11.7. The summed E-state index contributed by atoms with van der Waals surface area (Å²) in [5, 5.41) is 3.51. The Kier molecular flexibility index (Phi) is 5.52. The summed E-state index contributed by atoms with van der Waals surface area (Å²) >= 11 is 0. The zero-order valence-corrected chi connectivity index (χ0v) is 12.5. The molecule has 0 aliphatic rings. The highest BCUT2D eigenvalue weighted by Crippen LogP contribution is 2.22. The van der Waals surface area contributed by atoms with Crippen LogP contribution in [0, 0.1) is 0 Å². The maximum atomic E-state index is 11.7. The molecule has 0 aliphatic heterocycles. The van der Waals surface area contributed by atoms with Gasteiger partial charge in [0.15, 0.2) is 0 Å². The number of methoxy groups -OCH3 is 1. The Hall–Kier alpha value is -2.13. The summed E-state index contributed by atoms with van der Waals surface area (Å²) in [6.45, 7) is 2.10. The fourth-order valence-electron chi connectivity index (χ4n) is 2.35. The van der Waals surface area contributed by atoms with Crippen LogP contribution in [0.15, 0.2) is 60.7 Å². The second-order valence-electron chi connectivity index (χ2n) is 5.04. The summed E-state index contributed by atoms with van der Waals surface area (Å²) in [6.07, 6.45) is 0.317. The highest BCUT2D eigenvalue weighted by atomic mass is 16.5. The van der Waals surface area contributed by atoms with Crippen molar-refractivity contribution in [2.75, 3.05) is 7.11 Å². The van der Waals surface area contributed by atoms with Crippen molar-refractivity contribution in [3.05, 3.63) is 71.8 Å². The number of nitrogens with one attached hydrogen (secondary N) is 1. The molecule has 1 N–H and O–H groups in total. The number of ether oxygens (including phenoxy) is 1. The predicted octanol–water partition coefficient (Wildman–Crippen LogP) is 3.64. The minimum absolute atomic E-state index is 0.0612. The first-order valence-corrected chi connectivity index (χ1v) is 7.13. The van der Waals surface area contributed by atoms with Gasteiger partial charge in [0.25, 0.3) is 0 Å². The van der Waals surface area contributed by atoms with Crippen LogP contribution in [0.2, 0.25) is 0 Å². The number of esters is 1. The number of carbonyl (C=O) groups excluding carboxylic acids is 1. The van der Waals surface area contributed by atoms with Gasteiger partial charge in [-0.3, -0.25) is 4.79 Å². The lowest BCUT2D eigenvalue weighted by Gasteiger charge is -2.23. The Morgan fingerprint density at radius 1 is 1.00 bits per heavy atom. The zero-order chi connectivity index (χ0) is 15.1. The van der Waals surface area contributed by atoms with Gasteiger partial charge in [-0.2, -0.15) is 0 Å². The molecule has 0 saturated heterocycles. The number of hydrogen-bond donors (Lipinski definition) is 1. The minimum Gasteiger partial charge on any atom is -0.469 e. The van der Waals surface area contributed by atoms with Crippen LogP contribution in [-0.4, -0.2) is 13.1 Å². The van der Waals surface area contributed by atoms with Crippen molar-refractivity contribution in [2.24, 2.45) is 0 Å². The summed E-state index contributed by atoms with van der Waals surface area (Å²) in [5.41, 5.74) is 2.29. The molecule has 0 aliphatic carbocycles. The summed E-state index contributed by atoms with van der Waals surface area (Å²) in [5.74, 6) is -0.211. The maximum absolute atomic E-state index is 11.7. The number of carbonyl (C=O) groups is 1. The first-order chi connectivity index (χ1) is 10.2. The van der Waals surface area contributed by atoms with Crippen molar-refractivity contribution in [1.29, 1.82) is 0 Å². The fourth-order valence-corrected chi connectivity index (χ4v) is 2.35. The number of benzene rings is 2. The van der Waals surface area contributed by atoms with Crippen LogP contribution in [0.4, 0.5) is 0 Å². The molecule has 0 fully saturated rings. The average Bonchev–Trinajstić information content (AvgIpc) is 2.55. The molecule has 0 saturated carbocycles. The average molecular weight is 283 g/mol. The normalized spacial score (nSPS) is 13.4. The topological polar surface area (TPSA) is 38.3 Å². The van der Waals surface area contributed by atoms with Gasteiger partial charge in [-0.05, 0) is 18.1 Å². The fraction of sp³-hybridized carbons (Fsp3) is 0.278. The van der Waals surface area contributed by atoms with Gasteiger partial charge in [0.05, 0.1) is 13.5 Å². The molecule has 21 heavy (non-hydrogen) atoms. The third-order valence-electron chi connectivity index (χ3n) is 3.55. The van der Waals surface area contributed by atoms with E-state index in [0.29, 0.717) is 6.42 Å². The lowest BCUT2D eigenvalue weighted by molar-refractivity contribution is -0.141. The molecule has 3 heteroatoms. The van der Waals surface area contributed by atoms with E-state index in [4.69, 9.17) is 4.74 Å². The smallest absolute Gasteiger partial charge is 0.307 e. The monoisotopic (exact) mass is 283 g/mol. The van der Waals surface area contributed by atoms with E-state index in [-0.39, 0.29) is 18.1 Å². The molecule has 2 rings (SSSR count). The van der Waals surface area contributed by atoms with Gasteiger partial charge in [-0.25, -0.2) is 0 Å². The van der Waals surface area contributed by atoms with E-state index in [1.807, 2.05) is 48.5 Å². The Morgan fingerprint density at radius 2 is 1.52 bits per heavy atom. The second kappa shape index (κ2) is 7.60. The molecule has 0 spiro atoms. The Bertz CT molecular complexity index is 554. The van der Waals surface area contributed by atoms with Gasteiger partial charge in [0.2, 0.25) is 0 Å². The van der Waals surface area contributed by atoms with Gasteiger partial charge in [-0.15, -0.1) is 0 Å². The van der Waals surface area contributed by atoms with E-state index < -0.39 is 0 Å². The molecule has 0 amide bonds. The van der Waals surface area contributed by atoms with Crippen LogP contribution >= 0.6 is 0 Å². The quantitative estimate of drug-likeness (QED) is 0.823. The third-order valence-corrected chi connectivity index (χ3v) is 3.55. The molecule has 0 bridgehead atoms. The molecule has 0 radical (unpaired) electrons. The molecule has 2 aromatic carbocycles. The van der Waals surface area contributed by atoms with Crippen LogP contribution in [0.3, 0.4) is 0 Å². The van der Waals surface area contributed by atoms with Crippen molar-refractivity contribution >= 4 is 5.97 Å². The Labute approximate surface area is 126 Å². The SMILES string of the molecule is COC(=O)C[C@@H](N[C@H](C)c1ccccc1)c1ccccc1. The summed E-state index contributed by atoms with van der Waals surface area (Å²) < 4.78 is 4.81. The first-order valence-electron chi connectivity index (χ1n) is 7.13. The van der Waals surface area contributed by atoms with E-state index in [9.17, 15) is 4.79 Å². The molecular weight excluding hydrogens is 262 g/mol. The van der Waals surface area contributed by atoms with Crippen LogP contribution in [-0.2, 0) is 9.53 Å². The number of hydrogen-bond acceptors (Lipinski definition) is 3. The summed E-state index contributed by atoms with van der Waals surface area (Å²) in [6, 6.07) is 20.3. The number of rotatable bonds is 6. The molecule has 3 nitrogen and oxygen atoms in total. The van der Waals surface area contributed by atoms with E-state index in [1.165, 1.54) is 12.7 Å². The molecule has 2 atom stereocenters. The van der Waals surface area contributed by atoms with Gasteiger partial charge in [-0.1, -0.05) is 60.7 Å². The molecule has 2 aromatic rings. The molecule has 110 valence electrons. The molecule has 0 unspecified atom stereocenters. The lowest BCUT2D eigenvalue weighted by Crippen LogP contribution is -2.27. The van der Waals surface area contributed by atoms with Gasteiger partial charge in [0, 0.05) is 12.1 Å². The van der Waals surface area contributed by atoms with E-state index in [1.54, 1.807) is 0 Å². The zero-order valence-electron chi connectivity index (χ0n) is 12.5. The standard InChI is InChI=1S/C18H21NO2/c1-14(15-9-5-3-6-10-15)19-17(13-18(20)21-2)16-11-7-4-8-12-16/h3-12,14,17,19H,13H2,1-2H3/t14-,17-/m1/s1. The Morgan fingerprint density at radius 3 is 2.05 bits per heavy atom. The van der Waals surface area contributed by atoms with Crippen molar-refractivity contribution in [3.63, 3.8) is 0 Å². The summed E-state index contributed by atoms with van der Waals surface area (Å²) in [7, 11) is 1.42. The Balaban J connectivity index is 2.14. The predicted molar refractivity (Wildman–Crippen MR) is 83.8 cm³/mol. The molecular formula is C18H21NO2. The maximum Gasteiger partial charge on any atom is 0.307 e. The van der Waals surface area contributed by atoms with E-state index >= 15 is 0 Å². The van der Waals surface area contributed by atoms with Crippen molar-refractivity contribution in [2.45, 2.75) is 25.4 Å². The lowest BCUT2D eigenvalue weighted by atomic mass is 10.0. The highest BCUT2D eigenvalue weighted by Gasteiger charge is 2.18. The van der Waals surface area contributed by atoms with E-state index in [2.05, 4.69) is 24.4 Å². The minimum atomic E-state index is -0.211. The molecule has 0 aromatic heterocycles. The van der Waals surface area contributed by atoms with Crippen molar-refractivity contribution < 1.29 is 9.53 Å². The second-order valence-corrected chi connectivity index (χ2v) is 5.04. The van der Waals surface area contributed by atoms with Gasteiger partial charge in [0.1, 0.15) is 0 Å². The van der Waals surface area contributed by atoms with Crippen molar-refractivity contribution in [1.82, 2.24) is 5.32 Å². The highest BCUT2D eigenvalue weighted by molar-refractivity contribution is 5.70.